The van der Waals surface area contributed by atoms with Crippen molar-refractivity contribution in [2.45, 2.75) is 26.8 Å². The summed E-state index contributed by atoms with van der Waals surface area (Å²) in [6.45, 7) is 7.57. The lowest BCUT2D eigenvalue weighted by atomic mass is 9.85. The fraction of sp³-hybridized carbons (Fsp3) is 0.571. The normalized spacial score (nSPS) is 15.1. The topological polar surface area (TPSA) is 32.3 Å². The third-order valence-electron chi connectivity index (χ3n) is 3.08. The van der Waals surface area contributed by atoms with Gasteiger partial charge in [-0.25, -0.2) is 0 Å². The van der Waals surface area contributed by atoms with E-state index in [-0.39, 0.29) is 18.6 Å². The summed E-state index contributed by atoms with van der Waals surface area (Å²) in [5.41, 5.74) is 1.26. The van der Waals surface area contributed by atoms with Crippen LogP contribution in [0.25, 0.3) is 0 Å². The molecule has 0 bridgehead atoms. The predicted molar refractivity (Wildman–Crippen MR) is 68.3 cm³/mol. The van der Waals surface area contributed by atoms with Crippen molar-refractivity contribution in [2.24, 2.45) is 11.8 Å². The Morgan fingerprint density at radius 3 is 2.25 bits per heavy atom. The van der Waals surface area contributed by atoms with Crippen molar-refractivity contribution >= 4 is 0 Å². The zero-order valence-corrected chi connectivity index (χ0v) is 10.5. The molecule has 0 aliphatic rings. The summed E-state index contributed by atoms with van der Waals surface area (Å²) < 4.78 is 0. The molecule has 0 saturated heterocycles. The Bertz CT molecular complexity index is 284. The van der Waals surface area contributed by atoms with E-state index in [0.717, 1.165) is 6.54 Å². The van der Waals surface area contributed by atoms with Crippen LogP contribution in [0.4, 0.5) is 0 Å². The Kier molecular flexibility index (Phi) is 5.50. The van der Waals surface area contributed by atoms with Crippen molar-refractivity contribution < 1.29 is 5.11 Å². The van der Waals surface area contributed by atoms with E-state index >= 15 is 0 Å². The molecule has 0 aliphatic heterocycles. The maximum Gasteiger partial charge on any atom is 0.0479 e. The van der Waals surface area contributed by atoms with Crippen molar-refractivity contribution in [1.29, 1.82) is 0 Å². The fourth-order valence-electron chi connectivity index (χ4n) is 2.10. The zero-order chi connectivity index (χ0) is 12.0. The summed E-state index contributed by atoms with van der Waals surface area (Å²) in [6.07, 6.45) is 0. The molecule has 1 aromatic carbocycles. The first-order valence-electron chi connectivity index (χ1n) is 6.09. The van der Waals surface area contributed by atoms with E-state index < -0.39 is 0 Å². The van der Waals surface area contributed by atoms with Gasteiger partial charge in [0.25, 0.3) is 0 Å². The minimum atomic E-state index is 0.226. The third-order valence-corrected chi connectivity index (χ3v) is 3.08. The molecular weight excluding hydrogens is 198 g/mol. The molecule has 2 heteroatoms. The zero-order valence-electron chi connectivity index (χ0n) is 10.5. The van der Waals surface area contributed by atoms with Gasteiger partial charge in [0, 0.05) is 18.6 Å². The van der Waals surface area contributed by atoms with Gasteiger partial charge in [-0.05, 0) is 18.0 Å². The van der Waals surface area contributed by atoms with Gasteiger partial charge < -0.3 is 10.4 Å². The molecule has 0 saturated carbocycles. The average molecular weight is 221 g/mol. The molecule has 2 atom stereocenters. The highest BCUT2D eigenvalue weighted by atomic mass is 16.3. The maximum absolute atomic E-state index is 9.51. The third kappa shape index (κ3) is 3.32. The average Bonchev–Trinajstić information content (AvgIpc) is 2.29. The van der Waals surface area contributed by atoms with Crippen molar-refractivity contribution in [3.63, 3.8) is 0 Å². The van der Waals surface area contributed by atoms with Gasteiger partial charge in [0.2, 0.25) is 0 Å². The van der Waals surface area contributed by atoms with E-state index in [4.69, 9.17) is 0 Å². The van der Waals surface area contributed by atoms with Crippen LogP contribution in [-0.2, 0) is 0 Å². The van der Waals surface area contributed by atoms with Crippen LogP contribution in [0.1, 0.15) is 32.4 Å². The monoisotopic (exact) mass is 221 g/mol. The highest BCUT2D eigenvalue weighted by Gasteiger charge is 2.24. The summed E-state index contributed by atoms with van der Waals surface area (Å²) in [7, 11) is 0. The van der Waals surface area contributed by atoms with Crippen molar-refractivity contribution in [3.8, 4) is 0 Å². The lowest BCUT2D eigenvalue weighted by molar-refractivity contribution is 0.151. The van der Waals surface area contributed by atoms with E-state index in [1.165, 1.54) is 5.56 Å². The molecule has 2 unspecified atom stereocenters. The van der Waals surface area contributed by atoms with E-state index in [9.17, 15) is 5.11 Å². The molecule has 0 aromatic heterocycles. The van der Waals surface area contributed by atoms with Crippen LogP contribution in [-0.4, -0.2) is 18.3 Å². The van der Waals surface area contributed by atoms with Gasteiger partial charge in [-0.3, -0.25) is 0 Å². The summed E-state index contributed by atoms with van der Waals surface area (Å²) in [5, 5.41) is 13.0. The van der Waals surface area contributed by atoms with E-state index in [0.29, 0.717) is 5.92 Å². The number of hydrogen-bond acceptors (Lipinski definition) is 2. The fourth-order valence-corrected chi connectivity index (χ4v) is 2.10. The first kappa shape index (κ1) is 13.2. The minimum absolute atomic E-state index is 0.226. The van der Waals surface area contributed by atoms with Crippen LogP contribution in [0.15, 0.2) is 30.3 Å². The summed E-state index contributed by atoms with van der Waals surface area (Å²) in [5.74, 6) is 0.733. The summed E-state index contributed by atoms with van der Waals surface area (Å²) in [4.78, 5) is 0. The van der Waals surface area contributed by atoms with Crippen LogP contribution < -0.4 is 5.32 Å². The van der Waals surface area contributed by atoms with Crippen molar-refractivity contribution in [1.82, 2.24) is 5.32 Å². The molecule has 2 N–H and O–H groups in total. The molecule has 0 heterocycles. The van der Waals surface area contributed by atoms with Gasteiger partial charge in [-0.15, -0.1) is 0 Å². The quantitative estimate of drug-likeness (QED) is 0.774. The summed E-state index contributed by atoms with van der Waals surface area (Å²) >= 11 is 0. The van der Waals surface area contributed by atoms with E-state index in [2.05, 4.69) is 50.4 Å². The number of aliphatic hydroxyl groups excluding tert-OH is 1. The van der Waals surface area contributed by atoms with Gasteiger partial charge >= 0.3 is 0 Å². The Labute approximate surface area is 98.7 Å². The maximum atomic E-state index is 9.51. The molecule has 0 fully saturated rings. The minimum Gasteiger partial charge on any atom is -0.396 e. The van der Waals surface area contributed by atoms with Crippen LogP contribution in [0.5, 0.6) is 0 Å². The molecule has 0 amide bonds. The second-order valence-electron chi connectivity index (χ2n) is 4.54. The summed E-state index contributed by atoms with van der Waals surface area (Å²) in [6, 6.07) is 10.6. The Hall–Kier alpha value is -0.860. The van der Waals surface area contributed by atoms with Gasteiger partial charge in [-0.2, -0.15) is 0 Å². The molecule has 1 aromatic rings. The Balaban J connectivity index is 2.89. The molecule has 90 valence electrons. The standard InChI is InChI=1S/C14H23NO/c1-4-15-14(13(10-16)11(2)3)12-8-6-5-7-9-12/h5-9,11,13-16H,4,10H2,1-3H3. The molecule has 16 heavy (non-hydrogen) atoms. The highest BCUT2D eigenvalue weighted by molar-refractivity contribution is 5.19. The number of hydrogen-bond donors (Lipinski definition) is 2. The number of benzene rings is 1. The first-order chi connectivity index (χ1) is 7.70. The van der Waals surface area contributed by atoms with Crippen LogP contribution in [0.3, 0.4) is 0 Å². The van der Waals surface area contributed by atoms with E-state index in [1.54, 1.807) is 0 Å². The highest BCUT2D eigenvalue weighted by Crippen LogP contribution is 2.27. The molecule has 2 nitrogen and oxygen atoms in total. The molecule has 0 radical (unpaired) electrons. The van der Waals surface area contributed by atoms with Gasteiger partial charge in [-0.1, -0.05) is 51.1 Å². The van der Waals surface area contributed by atoms with Gasteiger partial charge in [0.1, 0.15) is 0 Å². The predicted octanol–water partition coefficient (Wildman–Crippen LogP) is 2.60. The second kappa shape index (κ2) is 6.66. The first-order valence-corrected chi connectivity index (χ1v) is 6.09. The van der Waals surface area contributed by atoms with Crippen molar-refractivity contribution in [2.75, 3.05) is 13.2 Å². The Morgan fingerprint density at radius 2 is 1.81 bits per heavy atom. The number of nitrogens with one attached hydrogen (secondary N) is 1. The molecule has 0 aliphatic carbocycles. The molecular formula is C14H23NO. The second-order valence-corrected chi connectivity index (χ2v) is 4.54. The number of rotatable bonds is 6. The van der Waals surface area contributed by atoms with Gasteiger partial charge in [0.15, 0.2) is 0 Å². The smallest absolute Gasteiger partial charge is 0.0479 e. The largest absolute Gasteiger partial charge is 0.396 e. The van der Waals surface area contributed by atoms with Crippen molar-refractivity contribution in [3.05, 3.63) is 35.9 Å². The molecule has 0 spiro atoms. The van der Waals surface area contributed by atoms with Crippen LogP contribution >= 0.6 is 0 Å². The van der Waals surface area contributed by atoms with Crippen LogP contribution in [0, 0.1) is 11.8 Å². The van der Waals surface area contributed by atoms with Crippen LogP contribution in [0.2, 0.25) is 0 Å². The van der Waals surface area contributed by atoms with Gasteiger partial charge in [0.05, 0.1) is 0 Å². The lowest BCUT2D eigenvalue weighted by Crippen LogP contribution is -2.33. The SMILES string of the molecule is CCNC(c1ccccc1)C(CO)C(C)C. The lowest BCUT2D eigenvalue weighted by Gasteiger charge is -2.29. The number of aliphatic hydroxyl groups is 1. The van der Waals surface area contributed by atoms with E-state index in [1.807, 2.05) is 6.07 Å². The Morgan fingerprint density at radius 1 is 1.19 bits per heavy atom. The molecule has 1 rings (SSSR count).